The first-order valence-electron chi connectivity index (χ1n) is 9.46. The summed E-state index contributed by atoms with van der Waals surface area (Å²) in [5.74, 6) is 0.00921. The van der Waals surface area contributed by atoms with E-state index >= 15 is 0 Å². The van der Waals surface area contributed by atoms with Crippen molar-refractivity contribution >= 4 is 38.9 Å². The quantitative estimate of drug-likeness (QED) is 0.561. The largest absolute Gasteiger partial charge is 0.495 e. The highest BCUT2D eigenvalue weighted by molar-refractivity contribution is 7.92. The molecule has 0 saturated carbocycles. The number of rotatable bonds is 6. The Bertz CT molecular complexity index is 1240. The van der Waals surface area contributed by atoms with Crippen LogP contribution in [0.4, 0.5) is 11.4 Å². The molecule has 0 aliphatic rings. The highest BCUT2D eigenvalue weighted by Crippen LogP contribution is 2.31. The summed E-state index contributed by atoms with van der Waals surface area (Å²) in [6.07, 6.45) is 0. The van der Waals surface area contributed by atoms with Crippen molar-refractivity contribution < 1.29 is 17.9 Å². The van der Waals surface area contributed by atoms with Crippen LogP contribution in [0, 0.1) is 13.8 Å². The number of para-hydroxylation sites is 2. The lowest BCUT2D eigenvalue weighted by Crippen LogP contribution is -2.27. The Kier molecular flexibility index (Phi) is 6.57. The third-order valence-electron chi connectivity index (χ3n) is 5.05. The Morgan fingerprint density at radius 1 is 1.03 bits per heavy atom. The maximum absolute atomic E-state index is 13.3. The maximum Gasteiger partial charge on any atom is 0.264 e. The minimum Gasteiger partial charge on any atom is -0.495 e. The standard InChI is InChI=1S/C23H23ClN2O4S/c1-15-12-13-17(31(28,29)26(3)21-10-5-6-11-22(21)30-4)14-18(15)23(27)25-20-9-7-8-19(24)16(20)2/h5-14H,1-4H3,(H,25,27). The number of hydrogen-bond donors (Lipinski definition) is 1. The van der Waals surface area contributed by atoms with Gasteiger partial charge in [-0.25, -0.2) is 8.42 Å². The Labute approximate surface area is 187 Å². The molecule has 0 aliphatic heterocycles. The molecular weight excluding hydrogens is 436 g/mol. The number of aryl methyl sites for hydroxylation is 1. The molecule has 8 heteroatoms. The molecule has 3 aromatic rings. The molecule has 31 heavy (non-hydrogen) atoms. The predicted molar refractivity (Wildman–Crippen MR) is 124 cm³/mol. The van der Waals surface area contributed by atoms with Crippen LogP contribution in [0.25, 0.3) is 0 Å². The lowest BCUT2D eigenvalue weighted by Gasteiger charge is -2.22. The fraction of sp³-hybridized carbons (Fsp3) is 0.174. The third kappa shape index (κ3) is 4.52. The number of methoxy groups -OCH3 is 1. The summed E-state index contributed by atoms with van der Waals surface area (Å²) >= 11 is 6.13. The minimum absolute atomic E-state index is 0.000489. The molecule has 0 unspecified atom stereocenters. The molecule has 0 saturated heterocycles. The molecule has 0 aromatic heterocycles. The first kappa shape index (κ1) is 22.7. The van der Waals surface area contributed by atoms with Crippen molar-refractivity contribution in [1.82, 2.24) is 0 Å². The van der Waals surface area contributed by atoms with Gasteiger partial charge in [0.2, 0.25) is 0 Å². The van der Waals surface area contributed by atoms with Gasteiger partial charge in [0.1, 0.15) is 5.75 Å². The van der Waals surface area contributed by atoms with Crippen molar-refractivity contribution in [1.29, 1.82) is 0 Å². The summed E-state index contributed by atoms with van der Waals surface area (Å²) in [5, 5.41) is 3.35. The van der Waals surface area contributed by atoms with Crippen LogP contribution in [0.5, 0.6) is 5.75 Å². The fourth-order valence-corrected chi connectivity index (χ4v) is 4.52. The molecule has 0 spiro atoms. The smallest absolute Gasteiger partial charge is 0.264 e. The van der Waals surface area contributed by atoms with Crippen molar-refractivity contribution in [3.63, 3.8) is 0 Å². The first-order chi connectivity index (χ1) is 14.7. The van der Waals surface area contributed by atoms with Crippen molar-refractivity contribution in [2.75, 3.05) is 23.8 Å². The Morgan fingerprint density at radius 3 is 2.45 bits per heavy atom. The van der Waals surface area contributed by atoms with Gasteiger partial charge in [0.15, 0.2) is 0 Å². The van der Waals surface area contributed by atoms with Crippen LogP contribution in [0.15, 0.2) is 65.6 Å². The first-order valence-corrected chi connectivity index (χ1v) is 11.3. The zero-order valence-corrected chi connectivity index (χ0v) is 19.2. The average Bonchev–Trinajstić information content (AvgIpc) is 2.76. The molecule has 0 fully saturated rings. The topological polar surface area (TPSA) is 75.7 Å². The van der Waals surface area contributed by atoms with Gasteiger partial charge < -0.3 is 10.1 Å². The summed E-state index contributed by atoms with van der Waals surface area (Å²) in [5.41, 5.74) is 2.60. The number of hydrogen-bond acceptors (Lipinski definition) is 4. The molecule has 3 rings (SSSR count). The third-order valence-corrected chi connectivity index (χ3v) is 7.23. The number of halogens is 1. The van der Waals surface area contributed by atoms with Crippen molar-refractivity contribution in [3.8, 4) is 5.75 Å². The van der Waals surface area contributed by atoms with Gasteiger partial charge in [0.25, 0.3) is 15.9 Å². The van der Waals surface area contributed by atoms with E-state index in [0.29, 0.717) is 27.7 Å². The molecule has 0 atom stereocenters. The lowest BCUT2D eigenvalue weighted by atomic mass is 10.1. The Balaban J connectivity index is 1.98. The number of nitrogens with one attached hydrogen (secondary N) is 1. The number of amides is 1. The van der Waals surface area contributed by atoms with Crippen LogP contribution in [0.1, 0.15) is 21.5 Å². The summed E-state index contributed by atoms with van der Waals surface area (Å²) in [6, 6.07) is 16.5. The van der Waals surface area contributed by atoms with Gasteiger partial charge in [-0.05, 0) is 61.4 Å². The van der Waals surface area contributed by atoms with Gasteiger partial charge in [-0.15, -0.1) is 0 Å². The van der Waals surface area contributed by atoms with Crippen LogP contribution >= 0.6 is 11.6 Å². The van der Waals surface area contributed by atoms with E-state index in [4.69, 9.17) is 16.3 Å². The summed E-state index contributed by atoms with van der Waals surface area (Å²) in [7, 11) is -1.01. The van der Waals surface area contributed by atoms with E-state index in [1.807, 2.05) is 0 Å². The summed E-state index contributed by atoms with van der Waals surface area (Å²) in [6.45, 7) is 3.55. The van der Waals surface area contributed by atoms with Gasteiger partial charge in [0.05, 0.1) is 17.7 Å². The molecular formula is C23H23ClN2O4S. The molecule has 6 nitrogen and oxygen atoms in total. The second-order valence-corrected chi connectivity index (χ2v) is 9.36. The van der Waals surface area contributed by atoms with E-state index < -0.39 is 15.9 Å². The highest BCUT2D eigenvalue weighted by Gasteiger charge is 2.25. The minimum atomic E-state index is -3.93. The number of anilines is 2. The number of nitrogens with zero attached hydrogens (tertiary/aromatic N) is 1. The van der Waals surface area contributed by atoms with Crippen LogP contribution < -0.4 is 14.4 Å². The number of carbonyl (C=O) groups is 1. The highest BCUT2D eigenvalue weighted by atomic mass is 35.5. The van der Waals surface area contributed by atoms with Crippen molar-refractivity contribution in [3.05, 3.63) is 82.4 Å². The maximum atomic E-state index is 13.3. The molecule has 0 bridgehead atoms. The summed E-state index contributed by atoms with van der Waals surface area (Å²) < 4.78 is 33.0. The van der Waals surface area contributed by atoms with Crippen LogP contribution in [-0.2, 0) is 10.0 Å². The van der Waals surface area contributed by atoms with E-state index in [1.54, 1.807) is 62.4 Å². The lowest BCUT2D eigenvalue weighted by molar-refractivity contribution is 0.102. The van der Waals surface area contributed by atoms with E-state index in [9.17, 15) is 13.2 Å². The Morgan fingerprint density at radius 2 is 1.74 bits per heavy atom. The predicted octanol–water partition coefficient (Wildman–Crippen LogP) is 5.04. The molecule has 0 heterocycles. The number of sulfonamides is 1. The van der Waals surface area contributed by atoms with Gasteiger partial charge >= 0.3 is 0 Å². The second-order valence-electron chi connectivity index (χ2n) is 6.99. The van der Waals surface area contributed by atoms with E-state index in [0.717, 1.165) is 9.87 Å². The van der Waals surface area contributed by atoms with Gasteiger partial charge in [-0.3, -0.25) is 9.10 Å². The van der Waals surface area contributed by atoms with Crippen LogP contribution in [-0.4, -0.2) is 28.5 Å². The molecule has 3 aromatic carbocycles. The zero-order chi connectivity index (χ0) is 22.8. The monoisotopic (exact) mass is 458 g/mol. The SMILES string of the molecule is COc1ccccc1N(C)S(=O)(=O)c1ccc(C)c(C(=O)Nc2cccc(Cl)c2C)c1. The van der Waals surface area contributed by atoms with E-state index in [2.05, 4.69) is 5.32 Å². The fourth-order valence-electron chi connectivity index (χ4n) is 3.12. The van der Waals surface area contributed by atoms with Gasteiger partial charge in [-0.2, -0.15) is 0 Å². The molecule has 162 valence electrons. The molecule has 1 amide bonds. The zero-order valence-electron chi connectivity index (χ0n) is 17.6. The number of benzene rings is 3. The van der Waals surface area contributed by atoms with Crippen molar-refractivity contribution in [2.24, 2.45) is 0 Å². The van der Waals surface area contributed by atoms with Crippen LogP contribution in [0.2, 0.25) is 5.02 Å². The van der Waals surface area contributed by atoms with Crippen LogP contribution in [0.3, 0.4) is 0 Å². The van der Waals surface area contributed by atoms with E-state index in [-0.39, 0.29) is 10.5 Å². The Hall–Kier alpha value is -3.03. The van der Waals surface area contributed by atoms with E-state index in [1.165, 1.54) is 26.3 Å². The number of ether oxygens (including phenoxy) is 1. The molecule has 0 radical (unpaired) electrons. The summed E-state index contributed by atoms with van der Waals surface area (Å²) in [4.78, 5) is 12.9. The molecule has 1 N–H and O–H groups in total. The van der Waals surface area contributed by atoms with Gasteiger partial charge in [-0.1, -0.05) is 35.9 Å². The van der Waals surface area contributed by atoms with Gasteiger partial charge in [0, 0.05) is 23.3 Å². The normalized spacial score (nSPS) is 11.1. The van der Waals surface area contributed by atoms with Crippen molar-refractivity contribution in [2.45, 2.75) is 18.7 Å². The average molecular weight is 459 g/mol. The number of carbonyl (C=O) groups excluding carboxylic acids is 1. The molecule has 0 aliphatic carbocycles. The second kappa shape index (κ2) is 8.99.